The first-order valence-corrected chi connectivity index (χ1v) is 5.66. The summed E-state index contributed by atoms with van der Waals surface area (Å²) < 4.78 is 25.5. The molecule has 0 radical (unpaired) electrons. The second-order valence-electron chi connectivity index (χ2n) is 1.82. The summed E-state index contributed by atoms with van der Waals surface area (Å²) in [6.45, 7) is 0. The van der Waals surface area contributed by atoms with Gasteiger partial charge in [0, 0.05) is 5.33 Å². The number of rotatable bonds is 5. The van der Waals surface area contributed by atoms with Crippen molar-refractivity contribution in [1.82, 2.24) is 0 Å². The molecule has 0 aliphatic heterocycles. The lowest BCUT2D eigenvalue weighted by Crippen LogP contribution is -2.07. The van der Waals surface area contributed by atoms with Crippen LogP contribution in [0.2, 0.25) is 0 Å². The predicted octanol–water partition coefficient (Wildman–Crippen LogP) is 1.14. The van der Waals surface area contributed by atoms with Crippen molar-refractivity contribution in [3.63, 3.8) is 0 Å². The van der Waals surface area contributed by atoms with Crippen LogP contribution in [0.4, 0.5) is 0 Å². The van der Waals surface area contributed by atoms with E-state index >= 15 is 0 Å². The standard InChI is InChI=1S/C5H11BrO3S/c1-9-10(7,8)5-3-2-4-6/h2-5H2,1H3. The monoisotopic (exact) mass is 230 g/mol. The largest absolute Gasteiger partial charge is 0.273 e. The summed E-state index contributed by atoms with van der Waals surface area (Å²) in [6, 6.07) is 0. The van der Waals surface area contributed by atoms with E-state index in [2.05, 4.69) is 20.1 Å². The molecule has 0 aromatic heterocycles. The third-order valence-electron chi connectivity index (χ3n) is 1.03. The van der Waals surface area contributed by atoms with Gasteiger partial charge in [0.15, 0.2) is 0 Å². The molecule has 10 heavy (non-hydrogen) atoms. The summed E-state index contributed by atoms with van der Waals surface area (Å²) >= 11 is 3.20. The van der Waals surface area contributed by atoms with Crippen LogP contribution >= 0.6 is 15.9 Å². The second kappa shape index (κ2) is 5.09. The van der Waals surface area contributed by atoms with E-state index in [-0.39, 0.29) is 5.75 Å². The zero-order valence-corrected chi connectivity index (χ0v) is 8.24. The van der Waals surface area contributed by atoms with E-state index in [0.717, 1.165) is 11.8 Å². The van der Waals surface area contributed by atoms with Gasteiger partial charge in [0.25, 0.3) is 10.1 Å². The summed E-state index contributed by atoms with van der Waals surface area (Å²) in [6.07, 6.45) is 1.52. The number of alkyl halides is 1. The van der Waals surface area contributed by atoms with Crippen LogP contribution < -0.4 is 0 Å². The third kappa shape index (κ3) is 5.20. The highest BCUT2D eigenvalue weighted by Gasteiger charge is 2.06. The van der Waals surface area contributed by atoms with Crippen LogP contribution in [0, 0.1) is 0 Å². The molecule has 0 N–H and O–H groups in total. The van der Waals surface area contributed by atoms with Gasteiger partial charge >= 0.3 is 0 Å². The fourth-order valence-electron chi connectivity index (χ4n) is 0.457. The molecule has 0 atom stereocenters. The quantitative estimate of drug-likeness (QED) is 0.405. The third-order valence-corrected chi connectivity index (χ3v) is 2.89. The first-order chi connectivity index (χ1) is 4.62. The lowest BCUT2D eigenvalue weighted by molar-refractivity contribution is 0.396. The van der Waals surface area contributed by atoms with Crippen molar-refractivity contribution in [3.05, 3.63) is 0 Å². The minimum atomic E-state index is -3.21. The van der Waals surface area contributed by atoms with E-state index in [0.29, 0.717) is 6.42 Å². The van der Waals surface area contributed by atoms with Crippen LogP contribution in [0.3, 0.4) is 0 Å². The van der Waals surface area contributed by atoms with Gasteiger partial charge in [-0.3, -0.25) is 4.18 Å². The molecule has 0 spiro atoms. The summed E-state index contributed by atoms with van der Waals surface area (Å²) in [4.78, 5) is 0. The predicted molar refractivity (Wildman–Crippen MR) is 43.8 cm³/mol. The van der Waals surface area contributed by atoms with E-state index in [1.165, 1.54) is 7.11 Å². The molecule has 5 heteroatoms. The Morgan fingerprint density at radius 1 is 1.40 bits per heavy atom. The van der Waals surface area contributed by atoms with E-state index in [1.807, 2.05) is 0 Å². The zero-order chi connectivity index (χ0) is 8.04. The van der Waals surface area contributed by atoms with Crippen LogP contribution in [-0.2, 0) is 14.3 Å². The van der Waals surface area contributed by atoms with Crippen LogP contribution in [0.25, 0.3) is 0 Å². The van der Waals surface area contributed by atoms with Crippen LogP contribution in [0.5, 0.6) is 0 Å². The Bertz CT molecular complexity index is 164. The molecule has 0 aromatic rings. The minimum Gasteiger partial charge on any atom is -0.273 e. The average Bonchev–Trinajstić information content (AvgIpc) is 1.89. The number of hydrogen-bond donors (Lipinski definition) is 0. The maximum absolute atomic E-state index is 10.6. The highest BCUT2D eigenvalue weighted by atomic mass is 79.9. The first kappa shape index (κ1) is 10.4. The lowest BCUT2D eigenvalue weighted by Gasteiger charge is -1.97. The molecule has 0 fully saturated rings. The topological polar surface area (TPSA) is 43.4 Å². The molecule has 0 aliphatic carbocycles. The van der Waals surface area contributed by atoms with Crippen molar-refractivity contribution >= 4 is 26.0 Å². The molecule has 0 amide bonds. The fourth-order valence-corrected chi connectivity index (χ4v) is 1.58. The van der Waals surface area contributed by atoms with E-state index in [4.69, 9.17) is 0 Å². The van der Waals surface area contributed by atoms with Crippen molar-refractivity contribution < 1.29 is 12.6 Å². The van der Waals surface area contributed by atoms with E-state index in [1.54, 1.807) is 0 Å². The van der Waals surface area contributed by atoms with Crippen LogP contribution in [0.1, 0.15) is 12.8 Å². The number of hydrogen-bond acceptors (Lipinski definition) is 3. The molecule has 0 rings (SSSR count). The number of halogens is 1. The van der Waals surface area contributed by atoms with E-state index < -0.39 is 10.1 Å². The maximum Gasteiger partial charge on any atom is 0.267 e. The van der Waals surface area contributed by atoms with Crippen molar-refractivity contribution in [2.24, 2.45) is 0 Å². The Kier molecular flexibility index (Phi) is 5.29. The second-order valence-corrected chi connectivity index (χ2v) is 4.47. The summed E-state index contributed by atoms with van der Waals surface area (Å²) in [5.41, 5.74) is 0. The van der Waals surface area contributed by atoms with E-state index in [9.17, 15) is 8.42 Å². The van der Waals surface area contributed by atoms with Crippen molar-refractivity contribution in [3.8, 4) is 0 Å². The summed E-state index contributed by atoms with van der Waals surface area (Å²) in [7, 11) is -2.03. The first-order valence-electron chi connectivity index (χ1n) is 2.96. The van der Waals surface area contributed by atoms with Gasteiger partial charge in [0.05, 0.1) is 12.9 Å². The zero-order valence-electron chi connectivity index (χ0n) is 5.84. The van der Waals surface area contributed by atoms with Gasteiger partial charge in [0.1, 0.15) is 0 Å². The Morgan fingerprint density at radius 3 is 2.40 bits per heavy atom. The molecule has 62 valence electrons. The average molecular weight is 231 g/mol. The normalized spacial score (nSPS) is 11.8. The highest BCUT2D eigenvalue weighted by molar-refractivity contribution is 9.09. The Morgan fingerprint density at radius 2 is 2.00 bits per heavy atom. The van der Waals surface area contributed by atoms with Gasteiger partial charge < -0.3 is 0 Å². The Hall–Kier alpha value is 0.390. The molecule has 0 saturated carbocycles. The molecule has 0 unspecified atom stereocenters. The molecular formula is C5H11BrO3S. The maximum atomic E-state index is 10.6. The van der Waals surface area contributed by atoms with Gasteiger partial charge in [0.2, 0.25) is 0 Å². The van der Waals surface area contributed by atoms with Gasteiger partial charge in [-0.1, -0.05) is 15.9 Å². The van der Waals surface area contributed by atoms with Gasteiger partial charge in [-0.05, 0) is 12.8 Å². The Labute approximate surface area is 70.0 Å². The SMILES string of the molecule is COS(=O)(=O)CCCCBr. The minimum absolute atomic E-state index is 0.120. The number of unbranched alkanes of at least 4 members (excludes halogenated alkanes) is 1. The molecule has 0 saturated heterocycles. The molecule has 3 nitrogen and oxygen atoms in total. The fraction of sp³-hybridized carbons (Fsp3) is 1.00. The summed E-state index contributed by atoms with van der Waals surface area (Å²) in [5, 5.41) is 0.840. The van der Waals surface area contributed by atoms with Crippen LogP contribution in [-0.4, -0.2) is 26.6 Å². The van der Waals surface area contributed by atoms with Crippen molar-refractivity contribution in [1.29, 1.82) is 0 Å². The molecule has 0 bridgehead atoms. The van der Waals surface area contributed by atoms with Crippen molar-refractivity contribution in [2.75, 3.05) is 18.2 Å². The lowest BCUT2D eigenvalue weighted by atomic mass is 10.4. The molecular weight excluding hydrogens is 220 g/mol. The highest BCUT2D eigenvalue weighted by Crippen LogP contribution is 1.99. The molecule has 0 heterocycles. The molecule has 0 aliphatic rings. The van der Waals surface area contributed by atoms with Gasteiger partial charge in [-0.25, -0.2) is 0 Å². The van der Waals surface area contributed by atoms with Gasteiger partial charge in [-0.2, -0.15) is 8.42 Å². The smallest absolute Gasteiger partial charge is 0.267 e. The Balaban J connectivity index is 3.49. The van der Waals surface area contributed by atoms with Crippen LogP contribution in [0.15, 0.2) is 0 Å². The molecule has 0 aromatic carbocycles. The van der Waals surface area contributed by atoms with Crippen molar-refractivity contribution in [2.45, 2.75) is 12.8 Å². The van der Waals surface area contributed by atoms with Gasteiger partial charge in [-0.15, -0.1) is 0 Å². The summed E-state index contributed by atoms with van der Waals surface area (Å²) in [5.74, 6) is 0.120.